The van der Waals surface area contributed by atoms with Gasteiger partial charge in [0.1, 0.15) is 5.75 Å². The number of rotatable bonds is 4. The van der Waals surface area contributed by atoms with Crippen LogP contribution in [-0.2, 0) is 4.74 Å². The molecule has 1 fully saturated rings. The van der Waals surface area contributed by atoms with Crippen LogP contribution in [0.15, 0.2) is 36.9 Å². The minimum atomic E-state index is -0.148. The van der Waals surface area contributed by atoms with Crippen molar-refractivity contribution < 1.29 is 14.3 Å². The Labute approximate surface area is 101 Å². The van der Waals surface area contributed by atoms with Crippen LogP contribution >= 0.6 is 0 Å². The van der Waals surface area contributed by atoms with E-state index in [9.17, 15) is 4.79 Å². The van der Waals surface area contributed by atoms with Crippen molar-refractivity contribution in [3.8, 4) is 5.75 Å². The number of ether oxygens (including phenoxy) is 2. The summed E-state index contributed by atoms with van der Waals surface area (Å²) in [5, 5.41) is 0. The fraction of sp³-hybridized carbons (Fsp3) is 0.357. The summed E-state index contributed by atoms with van der Waals surface area (Å²) in [7, 11) is 0. The van der Waals surface area contributed by atoms with Crippen LogP contribution in [0.25, 0.3) is 0 Å². The number of allylic oxidation sites excluding steroid dienone is 1. The Morgan fingerprint density at radius 2 is 2.12 bits per heavy atom. The Hall–Kier alpha value is -1.61. The highest BCUT2D eigenvalue weighted by Gasteiger charge is 2.15. The van der Waals surface area contributed by atoms with Gasteiger partial charge in [-0.3, -0.25) is 4.79 Å². The van der Waals surface area contributed by atoms with E-state index in [1.54, 1.807) is 24.3 Å². The van der Waals surface area contributed by atoms with E-state index in [1.807, 2.05) is 0 Å². The van der Waals surface area contributed by atoms with Crippen LogP contribution in [0.5, 0.6) is 5.75 Å². The van der Waals surface area contributed by atoms with Crippen LogP contribution in [0.3, 0.4) is 0 Å². The van der Waals surface area contributed by atoms with E-state index < -0.39 is 0 Å². The van der Waals surface area contributed by atoms with E-state index in [1.165, 1.54) is 6.08 Å². The first-order valence-corrected chi connectivity index (χ1v) is 5.84. The molecule has 0 aromatic heterocycles. The summed E-state index contributed by atoms with van der Waals surface area (Å²) >= 11 is 0. The Morgan fingerprint density at radius 1 is 1.35 bits per heavy atom. The summed E-state index contributed by atoms with van der Waals surface area (Å²) in [6, 6.07) is 7.05. The molecular formula is C14H16O3. The van der Waals surface area contributed by atoms with Crippen molar-refractivity contribution in [2.45, 2.75) is 25.6 Å². The Morgan fingerprint density at radius 3 is 2.71 bits per heavy atom. The second kappa shape index (κ2) is 5.64. The largest absolute Gasteiger partial charge is 0.465 e. The van der Waals surface area contributed by atoms with Gasteiger partial charge in [0.15, 0.2) is 12.1 Å². The quantitative estimate of drug-likeness (QED) is 0.591. The number of hydrogen-bond acceptors (Lipinski definition) is 3. The standard InChI is InChI=1S/C14H16O3/c1-2-13(15)11-6-8-12(9-7-11)17-14-5-3-4-10-16-14/h2,6-9,14H,1,3-5,10H2. The fourth-order valence-corrected chi connectivity index (χ4v) is 1.77. The summed E-state index contributed by atoms with van der Waals surface area (Å²) in [5.74, 6) is 0.656. The zero-order chi connectivity index (χ0) is 12.1. The van der Waals surface area contributed by atoms with E-state index in [4.69, 9.17) is 9.47 Å². The normalized spacial score (nSPS) is 19.6. The van der Waals surface area contributed by atoms with Gasteiger partial charge in [0.05, 0.1) is 6.61 Å². The average molecular weight is 232 g/mol. The fourth-order valence-electron chi connectivity index (χ4n) is 1.77. The van der Waals surface area contributed by atoms with Crippen molar-refractivity contribution >= 4 is 5.78 Å². The van der Waals surface area contributed by atoms with E-state index >= 15 is 0 Å². The first-order chi connectivity index (χ1) is 8.29. The first-order valence-electron chi connectivity index (χ1n) is 5.84. The van der Waals surface area contributed by atoms with Crippen molar-refractivity contribution in [3.63, 3.8) is 0 Å². The summed E-state index contributed by atoms with van der Waals surface area (Å²) in [6.45, 7) is 4.21. The summed E-state index contributed by atoms with van der Waals surface area (Å²) in [4.78, 5) is 11.3. The zero-order valence-electron chi connectivity index (χ0n) is 9.72. The molecule has 1 atom stereocenters. The maximum Gasteiger partial charge on any atom is 0.199 e. The lowest BCUT2D eigenvalue weighted by Gasteiger charge is -2.23. The third kappa shape index (κ3) is 3.17. The van der Waals surface area contributed by atoms with E-state index in [2.05, 4.69) is 6.58 Å². The molecular weight excluding hydrogens is 216 g/mol. The number of carbonyl (C=O) groups is 1. The van der Waals surface area contributed by atoms with Crippen LogP contribution in [0.4, 0.5) is 0 Å². The Kier molecular flexibility index (Phi) is 3.94. The summed E-state index contributed by atoms with van der Waals surface area (Å²) in [6.07, 6.45) is 4.32. The Balaban J connectivity index is 1.97. The van der Waals surface area contributed by atoms with Crippen LogP contribution in [-0.4, -0.2) is 18.7 Å². The van der Waals surface area contributed by atoms with Crippen molar-refractivity contribution in [1.29, 1.82) is 0 Å². The lowest BCUT2D eigenvalue weighted by Crippen LogP contribution is -2.24. The molecule has 0 aliphatic carbocycles. The molecule has 0 radical (unpaired) electrons. The van der Waals surface area contributed by atoms with Gasteiger partial charge in [-0.1, -0.05) is 6.58 Å². The Bertz CT molecular complexity index is 388. The maximum atomic E-state index is 11.3. The molecule has 90 valence electrons. The second-order valence-corrected chi connectivity index (χ2v) is 4.01. The first kappa shape index (κ1) is 11.9. The molecule has 1 aromatic carbocycles. The molecule has 2 rings (SSSR count). The summed E-state index contributed by atoms with van der Waals surface area (Å²) in [5.41, 5.74) is 0.622. The van der Waals surface area contributed by atoms with Crippen molar-refractivity contribution in [2.75, 3.05) is 6.61 Å². The molecule has 0 amide bonds. The van der Waals surface area contributed by atoms with Gasteiger partial charge >= 0.3 is 0 Å². The molecule has 1 aromatic rings. The summed E-state index contributed by atoms with van der Waals surface area (Å²) < 4.78 is 11.1. The molecule has 0 spiro atoms. The van der Waals surface area contributed by atoms with Crippen LogP contribution in [0, 0.1) is 0 Å². The molecule has 3 nitrogen and oxygen atoms in total. The topological polar surface area (TPSA) is 35.5 Å². The van der Waals surface area contributed by atoms with Gasteiger partial charge in [-0.05, 0) is 43.2 Å². The molecule has 1 unspecified atom stereocenters. The molecule has 0 saturated carbocycles. The van der Waals surface area contributed by atoms with E-state index in [-0.39, 0.29) is 12.1 Å². The highest BCUT2D eigenvalue weighted by Crippen LogP contribution is 2.19. The number of benzene rings is 1. The predicted molar refractivity (Wildman–Crippen MR) is 65.2 cm³/mol. The highest BCUT2D eigenvalue weighted by atomic mass is 16.7. The predicted octanol–water partition coefficient (Wildman–Crippen LogP) is 2.96. The molecule has 1 aliphatic rings. The van der Waals surface area contributed by atoms with Gasteiger partial charge in [0.2, 0.25) is 0 Å². The van der Waals surface area contributed by atoms with Gasteiger partial charge in [-0.2, -0.15) is 0 Å². The van der Waals surface area contributed by atoms with Crippen LogP contribution < -0.4 is 4.74 Å². The van der Waals surface area contributed by atoms with Crippen molar-refractivity contribution in [2.24, 2.45) is 0 Å². The molecule has 0 bridgehead atoms. The van der Waals surface area contributed by atoms with Gasteiger partial charge in [-0.25, -0.2) is 0 Å². The SMILES string of the molecule is C=CC(=O)c1ccc(OC2CCCCO2)cc1. The van der Waals surface area contributed by atoms with Gasteiger partial charge < -0.3 is 9.47 Å². The third-order valence-corrected chi connectivity index (χ3v) is 2.73. The molecule has 3 heteroatoms. The van der Waals surface area contributed by atoms with E-state index in [0.717, 1.165) is 31.6 Å². The van der Waals surface area contributed by atoms with Gasteiger partial charge in [0.25, 0.3) is 0 Å². The van der Waals surface area contributed by atoms with Crippen molar-refractivity contribution in [1.82, 2.24) is 0 Å². The average Bonchev–Trinajstić information content (AvgIpc) is 2.40. The number of carbonyl (C=O) groups excluding carboxylic acids is 1. The molecule has 1 aliphatic heterocycles. The molecule has 1 saturated heterocycles. The van der Waals surface area contributed by atoms with E-state index in [0.29, 0.717) is 5.56 Å². The highest BCUT2D eigenvalue weighted by molar-refractivity contribution is 6.04. The second-order valence-electron chi connectivity index (χ2n) is 4.01. The monoisotopic (exact) mass is 232 g/mol. The number of ketones is 1. The lowest BCUT2D eigenvalue weighted by atomic mass is 10.1. The van der Waals surface area contributed by atoms with Gasteiger partial charge in [0, 0.05) is 12.0 Å². The zero-order valence-corrected chi connectivity index (χ0v) is 9.72. The lowest BCUT2D eigenvalue weighted by molar-refractivity contribution is -0.105. The maximum absolute atomic E-state index is 11.3. The minimum absolute atomic E-state index is 0.0783. The smallest absolute Gasteiger partial charge is 0.199 e. The molecule has 0 N–H and O–H groups in total. The van der Waals surface area contributed by atoms with Gasteiger partial charge in [-0.15, -0.1) is 0 Å². The van der Waals surface area contributed by atoms with Crippen molar-refractivity contribution in [3.05, 3.63) is 42.5 Å². The van der Waals surface area contributed by atoms with Crippen LogP contribution in [0.1, 0.15) is 29.6 Å². The molecule has 1 heterocycles. The number of hydrogen-bond donors (Lipinski definition) is 0. The minimum Gasteiger partial charge on any atom is -0.465 e. The molecule has 17 heavy (non-hydrogen) atoms. The van der Waals surface area contributed by atoms with Crippen LogP contribution in [0.2, 0.25) is 0 Å². The third-order valence-electron chi connectivity index (χ3n) is 2.73.